The van der Waals surface area contributed by atoms with Crippen molar-refractivity contribution in [3.8, 4) is 0 Å². The van der Waals surface area contributed by atoms with Crippen LogP contribution in [-0.2, 0) is 9.53 Å². The zero-order chi connectivity index (χ0) is 17.0. The molecule has 0 saturated carbocycles. The molecule has 0 heterocycles. The van der Waals surface area contributed by atoms with Gasteiger partial charge in [0.2, 0.25) is 0 Å². The van der Waals surface area contributed by atoms with Crippen molar-refractivity contribution < 1.29 is 9.53 Å². The lowest BCUT2D eigenvalue weighted by molar-refractivity contribution is -0.142. The highest BCUT2D eigenvalue weighted by Crippen LogP contribution is 2.17. The van der Waals surface area contributed by atoms with E-state index in [9.17, 15) is 4.79 Å². The number of ether oxygens (including phenoxy) is 1. The van der Waals surface area contributed by atoms with Crippen LogP contribution in [0.4, 0.5) is 0 Å². The molecule has 0 aromatic rings. The summed E-state index contributed by atoms with van der Waals surface area (Å²) in [6.45, 7) is 12.8. The summed E-state index contributed by atoms with van der Waals surface area (Å²) >= 11 is 0. The molecule has 0 aromatic heterocycles. The van der Waals surface area contributed by atoms with Crippen LogP contribution in [0.3, 0.4) is 0 Å². The Morgan fingerprint density at radius 2 is 1.68 bits per heavy atom. The SMILES string of the molecule is CCC(C)CCCC(C)CC=CC(C)=CC(=O)OC(C)CC. The van der Waals surface area contributed by atoms with E-state index in [2.05, 4.69) is 26.8 Å². The topological polar surface area (TPSA) is 26.3 Å². The smallest absolute Gasteiger partial charge is 0.331 e. The predicted molar refractivity (Wildman–Crippen MR) is 95.8 cm³/mol. The first-order valence-corrected chi connectivity index (χ1v) is 8.94. The lowest BCUT2D eigenvalue weighted by Gasteiger charge is -2.11. The van der Waals surface area contributed by atoms with E-state index >= 15 is 0 Å². The highest BCUT2D eigenvalue weighted by molar-refractivity contribution is 5.83. The summed E-state index contributed by atoms with van der Waals surface area (Å²) in [6.07, 6.45) is 12.9. The summed E-state index contributed by atoms with van der Waals surface area (Å²) in [7, 11) is 0. The quantitative estimate of drug-likeness (QED) is 0.263. The molecule has 0 amide bonds. The largest absolute Gasteiger partial charge is 0.460 e. The van der Waals surface area contributed by atoms with Crippen molar-refractivity contribution in [1.29, 1.82) is 0 Å². The monoisotopic (exact) mass is 308 g/mol. The molecule has 0 rings (SSSR count). The van der Waals surface area contributed by atoms with E-state index in [1.165, 1.54) is 25.7 Å². The Balaban J connectivity index is 4.01. The normalized spacial score (nSPS) is 16.5. The maximum atomic E-state index is 11.6. The molecule has 0 spiro atoms. The van der Waals surface area contributed by atoms with Crippen LogP contribution in [0.15, 0.2) is 23.8 Å². The fraction of sp³-hybridized carbons (Fsp3) is 0.750. The number of hydrogen-bond acceptors (Lipinski definition) is 2. The van der Waals surface area contributed by atoms with Gasteiger partial charge in [0.05, 0.1) is 6.10 Å². The molecule has 0 N–H and O–H groups in total. The minimum absolute atomic E-state index is 0.00827. The fourth-order valence-electron chi connectivity index (χ4n) is 2.17. The molecule has 0 saturated heterocycles. The summed E-state index contributed by atoms with van der Waals surface area (Å²) in [5.41, 5.74) is 0.958. The third-order valence-electron chi connectivity index (χ3n) is 4.25. The predicted octanol–water partition coefficient (Wildman–Crippen LogP) is 6.07. The molecule has 0 aromatic carbocycles. The van der Waals surface area contributed by atoms with E-state index in [0.29, 0.717) is 5.92 Å². The maximum absolute atomic E-state index is 11.6. The zero-order valence-corrected chi connectivity index (χ0v) is 15.5. The van der Waals surface area contributed by atoms with Gasteiger partial charge >= 0.3 is 5.97 Å². The van der Waals surface area contributed by atoms with E-state index in [0.717, 1.165) is 24.3 Å². The van der Waals surface area contributed by atoms with Crippen LogP contribution in [0.1, 0.15) is 80.1 Å². The lowest BCUT2D eigenvalue weighted by atomic mass is 9.95. The Morgan fingerprint density at radius 3 is 2.27 bits per heavy atom. The van der Waals surface area contributed by atoms with E-state index < -0.39 is 0 Å². The van der Waals surface area contributed by atoms with E-state index in [-0.39, 0.29) is 12.1 Å². The van der Waals surface area contributed by atoms with Crippen LogP contribution in [0.25, 0.3) is 0 Å². The van der Waals surface area contributed by atoms with Crippen molar-refractivity contribution in [2.45, 2.75) is 86.2 Å². The average Bonchev–Trinajstić information content (AvgIpc) is 2.46. The maximum Gasteiger partial charge on any atom is 0.331 e. The van der Waals surface area contributed by atoms with Gasteiger partial charge < -0.3 is 4.74 Å². The van der Waals surface area contributed by atoms with Gasteiger partial charge in [0.15, 0.2) is 0 Å². The highest BCUT2D eigenvalue weighted by Gasteiger charge is 2.05. The van der Waals surface area contributed by atoms with Crippen LogP contribution < -0.4 is 0 Å². The molecule has 0 aliphatic rings. The molecule has 3 atom stereocenters. The van der Waals surface area contributed by atoms with Gasteiger partial charge in [0, 0.05) is 6.08 Å². The molecular formula is C20H36O2. The second-order valence-electron chi connectivity index (χ2n) is 6.73. The van der Waals surface area contributed by atoms with E-state index in [4.69, 9.17) is 4.74 Å². The summed E-state index contributed by atoms with van der Waals surface area (Å²) in [4.78, 5) is 11.6. The third-order valence-corrected chi connectivity index (χ3v) is 4.25. The van der Waals surface area contributed by atoms with Gasteiger partial charge in [-0.05, 0) is 44.1 Å². The Hall–Kier alpha value is -1.05. The van der Waals surface area contributed by atoms with Crippen molar-refractivity contribution in [3.05, 3.63) is 23.8 Å². The summed E-state index contributed by atoms with van der Waals surface area (Å²) in [5.74, 6) is 1.32. The summed E-state index contributed by atoms with van der Waals surface area (Å²) in [5, 5.41) is 0. The van der Waals surface area contributed by atoms with Gasteiger partial charge in [0.1, 0.15) is 0 Å². The second-order valence-corrected chi connectivity index (χ2v) is 6.73. The number of allylic oxidation sites excluding steroid dienone is 3. The first-order valence-electron chi connectivity index (χ1n) is 8.94. The first-order chi connectivity index (χ1) is 10.4. The summed E-state index contributed by atoms with van der Waals surface area (Å²) < 4.78 is 5.23. The zero-order valence-electron chi connectivity index (χ0n) is 15.5. The summed E-state index contributed by atoms with van der Waals surface area (Å²) in [6, 6.07) is 0. The van der Waals surface area contributed by atoms with Crippen molar-refractivity contribution in [2.75, 3.05) is 0 Å². The van der Waals surface area contributed by atoms with Crippen LogP contribution >= 0.6 is 0 Å². The fourth-order valence-corrected chi connectivity index (χ4v) is 2.17. The van der Waals surface area contributed by atoms with Crippen LogP contribution in [0, 0.1) is 11.8 Å². The van der Waals surface area contributed by atoms with Crippen molar-refractivity contribution in [3.63, 3.8) is 0 Å². The molecule has 128 valence electrons. The molecule has 2 nitrogen and oxygen atoms in total. The molecule has 0 radical (unpaired) electrons. The lowest BCUT2D eigenvalue weighted by Crippen LogP contribution is -2.11. The minimum atomic E-state index is -0.238. The third kappa shape index (κ3) is 11.6. The molecule has 0 fully saturated rings. The second kappa shape index (κ2) is 12.5. The van der Waals surface area contributed by atoms with Crippen LogP contribution in [-0.4, -0.2) is 12.1 Å². The van der Waals surface area contributed by atoms with E-state index in [1.807, 2.05) is 26.8 Å². The van der Waals surface area contributed by atoms with Crippen LogP contribution in [0.5, 0.6) is 0 Å². The van der Waals surface area contributed by atoms with Gasteiger partial charge in [-0.2, -0.15) is 0 Å². The van der Waals surface area contributed by atoms with Gasteiger partial charge in [-0.15, -0.1) is 0 Å². The Morgan fingerprint density at radius 1 is 1.05 bits per heavy atom. The number of esters is 1. The van der Waals surface area contributed by atoms with Gasteiger partial charge in [0.25, 0.3) is 0 Å². The number of rotatable bonds is 11. The molecule has 22 heavy (non-hydrogen) atoms. The van der Waals surface area contributed by atoms with Crippen molar-refractivity contribution in [2.24, 2.45) is 11.8 Å². The molecule has 2 heteroatoms. The first kappa shape index (κ1) is 20.9. The Kier molecular flexibility index (Phi) is 11.9. The Labute approximate surface area is 138 Å². The Bertz CT molecular complexity index is 355. The minimum Gasteiger partial charge on any atom is -0.460 e. The van der Waals surface area contributed by atoms with Gasteiger partial charge in [-0.3, -0.25) is 0 Å². The average molecular weight is 309 g/mol. The molecule has 0 aliphatic carbocycles. The molecule has 3 unspecified atom stereocenters. The molecule has 0 aliphatic heterocycles. The molecule has 0 bridgehead atoms. The van der Waals surface area contributed by atoms with Crippen molar-refractivity contribution in [1.82, 2.24) is 0 Å². The van der Waals surface area contributed by atoms with Crippen molar-refractivity contribution >= 4 is 5.97 Å². The van der Waals surface area contributed by atoms with Gasteiger partial charge in [-0.25, -0.2) is 4.79 Å². The van der Waals surface area contributed by atoms with Gasteiger partial charge in [-0.1, -0.05) is 65.5 Å². The number of carbonyl (C=O) groups excluding carboxylic acids is 1. The van der Waals surface area contributed by atoms with Crippen LogP contribution in [0.2, 0.25) is 0 Å². The molecular weight excluding hydrogens is 272 g/mol. The number of hydrogen-bond donors (Lipinski definition) is 0. The highest BCUT2D eigenvalue weighted by atomic mass is 16.5. The van der Waals surface area contributed by atoms with E-state index in [1.54, 1.807) is 6.08 Å². The standard InChI is InChI=1S/C20H36O2/c1-7-16(3)11-9-12-17(4)13-10-14-18(5)15-20(21)22-19(6)8-2/h10,14-17,19H,7-9,11-13H2,1-6H3. The number of carbonyl (C=O) groups is 1.